The summed E-state index contributed by atoms with van der Waals surface area (Å²) < 4.78 is 28.6. The van der Waals surface area contributed by atoms with E-state index in [1.165, 1.54) is 12.1 Å². The Labute approximate surface area is 165 Å². The molecule has 0 saturated heterocycles. The Morgan fingerprint density at radius 1 is 1.15 bits per heavy atom. The lowest BCUT2D eigenvalue weighted by Crippen LogP contribution is -2.38. The molecule has 0 bridgehead atoms. The molecule has 152 valence electrons. The molecular weight excluding hydrogens is 388 g/mol. The fourth-order valence-corrected chi connectivity index (χ4v) is 4.18. The fourth-order valence-electron chi connectivity index (χ4n) is 2.43. The average Bonchev–Trinajstić information content (AvgIpc) is 2.48. The van der Waals surface area contributed by atoms with Gasteiger partial charge in [0.25, 0.3) is 0 Å². The molecule has 8 heteroatoms. The first-order valence-electron chi connectivity index (χ1n) is 8.63. The van der Waals surface area contributed by atoms with Crippen molar-refractivity contribution < 1.29 is 27.9 Å². The van der Waals surface area contributed by atoms with E-state index in [1.54, 1.807) is 32.9 Å². The molecule has 1 rings (SSSR count). The van der Waals surface area contributed by atoms with Gasteiger partial charge in [-0.25, -0.2) is 8.42 Å². The lowest BCUT2D eigenvalue weighted by molar-refractivity contribution is -0.159. The van der Waals surface area contributed by atoms with Crippen LogP contribution in [0.15, 0.2) is 34.1 Å². The van der Waals surface area contributed by atoms with E-state index in [0.717, 1.165) is 18.0 Å². The van der Waals surface area contributed by atoms with Gasteiger partial charge in [0.15, 0.2) is 9.84 Å². The van der Waals surface area contributed by atoms with Gasteiger partial charge in [-0.3, -0.25) is 9.59 Å². The third kappa shape index (κ3) is 7.92. The zero-order chi connectivity index (χ0) is 21.0. The third-order valence-corrected chi connectivity index (χ3v) is 6.01. The number of rotatable bonds is 8. The first-order chi connectivity index (χ1) is 12.2. The number of carbonyl (C=O) groups is 2. The van der Waals surface area contributed by atoms with Crippen LogP contribution in [0.4, 0.5) is 0 Å². The number of thioether (sulfide) groups is 1. The Hall–Kier alpha value is -1.54. The fraction of sp³-hybridized carbons (Fsp3) is 0.579. The molecule has 0 fully saturated rings. The summed E-state index contributed by atoms with van der Waals surface area (Å²) in [4.78, 5) is 25.3. The molecule has 1 N–H and O–H groups in total. The lowest BCUT2D eigenvalue weighted by atomic mass is 9.94. The predicted molar refractivity (Wildman–Crippen MR) is 106 cm³/mol. The molecular formula is C19H28O6S2. The summed E-state index contributed by atoms with van der Waals surface area (Å²) in [5.74, 6) is -2.48. The molecule has 0 heterocycles. The molecule has 1 aromatic rings. The van der Waals surface area contributed by atoms with Crippen molar-refractivity contribution >= 4 is 33.5 Å². The normalized spacial score (nSPS) is 14.6. The van der Waals surface area contributed by atoms with Gasteiger partial charge in [0.05, 0.1) is 10.8 Å². The largest absolute Gasteiger partial charge is 0.481 e. The Morgan fingerprint density at radius 3 is 2.04 bits per heavy atom. The van der Waals surface area contributed by atoms with Crippen LogP contribution in [0.3, 0.4) is 0 Å². The zero-order valence-electron chi connectivity index (χ0n) is 16.6. The summed E-state index contributed by atoms with van der Waals surface area (Å²) in [6.07, 6.45) is 1.44. The maximum absolute atomic E-state index is 12.7. The molecule has 0 aliphatic rings. The van der Waals surface area contributed by atoms with Crippen molar-refractivity contribution in [3.63, 3.8) is 0 Å². The summed E-state index contributed by atoms with van der Waals surface area (Å²) in [6, 6.07) is 6.05. The van der Waals surface area contributed by atoms with Crippen molar-refractivity contribution in [2.45, 2.75) is 61.7 Å². The smallest absolute Gasteiger partial charge is 0.320 e. The lowest BCUT2D eigenvalue weighted by Gasteiger charge is -2.27. The molecule has 0 amide bonds. The SMILES string of the molecule is CC(C)C[C@@H](C(=O)O)[C@@H](Sc1ccc(S(C)(=O)=O)cc1)C(=O)OC(C)(C)C. The van der Waals surface area contributed by atoms with E-state index in [2.05, 4.69) is 0 Å². The number of esters is 1. The summed E-state index contributed by atoms with van der Waals surface area (Å²) >= 11 is 1.09. The van der Waals surface area contributed by atoms with Gasteiger partial charge in [0.2, 0.25) is 0 Å². The Kier molecular flexibility index (Phi) is 7.92. The summed E-state index contributed by atoms with van der Waals surface area (Å²) in [5.41, 5.74) is -0.739. The molecule has 0 radical (unpaired) electrons. The first kappa shape index (κ1) is 23.5. The molecule has 27 heavy (non-hydrogen) atoms. The molecule has 0 unspecified atom stereocenters. The number of aliphatic carboxylic acids is 1. The molecule has 2 atom stereocenters. The molecule has 1 aromatic carbocycles. The highest BCUT2D eigenvalue weighted by Gasteiger charge is 2.38. The van der Waals surface area contributed by atoms with Crippen LogP contribution in [0, 0.1) is 11.8 Å². The van der Waals surface area contributed by atoms with Gasteiger partial charge in [-0.15, -0.1) is 11.8 Å². The Balaban J connectivity index is 3.20. The van der Waals surface area contributed by atoms with Crippen LogP contribution in [-0.4, -0.2) is 42.6 Å². The first-order valence-corrected chi connectivity index (χ1v) is 11.4. The minimum absolute atomic E-state index is 0.0873. The van der Waals surface area contributed by atoms with Crippen molar-refractivity contribution in [1.82, 2.24) is 0 Å². The van der Waals surface area contributed by atoms with E-state index in [1.807, 2.05) is 13.8 Å². The van der Waals surface area contributed by atoms with Crippen LogP contribution in [-0.2, 0) is 24.2 Å². The Bertz CT molecular complexity index is 760. The van der Waals surface area contributed by atoms with E-state index in [0.29, 0.717) is 11.3 Å². The number of carbonyl (C=O) groups excluding carboxylic acids is 1. The van der Waals surface area contributed by atoms with E-state index in [-0.39, 0.29) is 10.8 Å². The number of hydrogen-bond acceptors (Lipinski definition) is 6. The zero-order valence-corrected chi connectivity index (χ0v) is 18.2. The minimum atomic E-state index is -3.33. The maximum Gasteiger partial charge on any atom is 0.320 e. The van der Waals surface area contributed by atoms with Gasteiger partial charge in [0, 0.05) is 11.2 Å². The van der Waals surface area contributed by atoms with Crippen molar-refractivity contribution in [3.8, 4) is 0 Å². The van der Waals surface area contributed by atoms with E-state index < -0.39 is 38.5 Å². The summed E-state index contributed by atoms with van der Waals surface area (Å²) in [6.45, 7) is 8.98. The highest BCUT2D eigenvalue weighted by molar-refractivity contribution is 8.00. The van der Waals surface area contributed by atoms with Crippen LogP contribution in [0.1, 0.15) is 41.0 Å². The molecule has 0 spiro atoms. The van der Waals surface area contributed by atoms with Crippen molar-refractivity contribution in [2.24, 2.45) is 11.8 Å². The summed E-state index contributed by atoms with van der Waals surface area (Å²) in [7, 11) is -3.33. The van der Waals surface area contributed by atoms with Gasteiger partial charge in [0.1, 0.15) is 10.9 Å². The van der Waals surface area contributed by atoms with Gasteiger partial charge in [-0.05, 0) is 57.4 Å². The van der Waals surface area contributed by atoms with Crippen molar-refractivity contribution in [2.75, 3.05) is 6.26 Å². The highest BCUT2D eigenvalue weighted by Crippen LogP contribution is 2.34. The third-order valence-electron chi connectivity index (χ3n) is 3.56. The standard InChI is InChI=1S/C19H28O6S2/c1-12(2)11-15(17(20)21)16(18(22)25-19(3,4)5)26-13-7-9-14(10-8-13)27(6,23)24/h7-10,12,15-16H,11H2,1-6H3,(H,20,21)/t15-,16-/m1/s1. The van der Waals surface area contributed by atoms with Gasteiger partial charge < -0.3 is 9.84 Å². The maximum atomic E-state index is 12.7. The second kappa shape index (κ2) is 9.10. The van der Waals surface area contributed by atoms with Crippen LogP contribution in [0.5, 0.6) is 0 Å². The molecule has 0 aromatic heterocycles. The van der Waals surface area contributed by atoms with E-state index in [9.17, 15) is 23.1 Å². The van der Waals surface area contributed by atoms with Gasteiger partial charge >= 0.3 is 11.9 Å². The van der Waals surface area contributed by atoms with Crippen molar-refractivity contribution in [1.29, 1.82) is 0 Å². The van der Waals surface area contributed by atoms with Gasteiger partial charge in [-0.2, -0.15) is 0 Å². The number of benzene rings is 1. The second-order valence-corrected chi connectivity index (χ2v) is 11.1. The molecule has 6 nitrogen and oxygen atoms in total. The molecule has 0 aliphatic carbocycles. The minimum Gasteiger partial charge on any atom is -0.481 e. The Morgan fingerprint density at radius 2 is 1.67 bits per heavy atom. The molecule has 0 aliphatic heterocycles. The van der Waals surface area contributed by atoms with Crippen molar-refractivity contribution in [3.05, 3.63) is 24.3 Å². The monoisotopic (exact) mass is 416 g/mol. The van der Waals surface area contributed by atoms with Crippen LogP contribution in [0.2, 0.25) is 0 Å². The van der Waals surface area contributed by atoms with Crippen LogP contribution in [0.25, 0.3) is 0 Å². The number of carboxylic acid groups (broad SMARTS) is 1. The van der Waals surface area contributed by atoms with Crippen LogP contribution >= 0.6 is 11.8 Å². The number of sulfone groups is 1. The number of hydrogen-bond donors (Lipinski definition) is 1. The predicted octanol–water partition coefficient (Wildman–Crippen LogP) is 3.64. The topological polar surface area (TPSA) is 97.7 Å². The van der Waals surface area contributed by atoms with Crippen LogP contribution < -0.4 is 0 Å². The van der Waals surface area contributed by atoms with Gasteiger partial charge in [-0.1, -0.05) is 13.8 Å². The number of ether oxygens (including phenoxy) is 1. The summed E-state index contributed by atoms with van der Waals surface area (Å²) in [5, 5.41) is 8.73. The van der Waals surface area contributed by atoms with E-state index in [4.69, 9.17) is 4.74 Å². The quantitative estimate of drug-likeness (QED) is 0.510. The highest BCUT2D eigenvalue weighted by atomic mass is 32.2. The molecule has 0 saturated carbocycles. The van der Waals surface area contributed by atoms with E-state index >= 15 is 0 Å². The number of carboxylic acids is 1. The second-order valence-electron chi connectivity index (χ2n) is 7.89. The average molecular weight is 417 g/mol.